The minimum absolute atomic E-state index is 0.221. The van der Waals surface area contributed by atoms with E-state index in [-0.39, 0.29) is 5.60 Å². The van der Waals surface area contributed by atoms with E-state index in [0.717, 1.165) is 31.3 Å². The maximum Gasteiger partial charge on any atom is 0.244 e. The summed E-state index contributed by atoms with van der Waals surface area (Å²) in [7, 11) is 1.72. The van der Waals surface area contributed by atoms with E-state index in [9.17, 15) is 0 Å². The summed E-state index contributed by atoms with van der Waals surface area (Å²) in [6.45, 7) is 10.3. The molecule has 0 saturated carbocycles. The number of aromatic amines is 1. The lowest BCUT2D eigenvalue weighted by Crippen LogP contribution is -2.54. The van der Waals surface area contributed by atoms with Crippen molar-refractivity contribution in [2.75, 3.05) is 25.1 Å². The Hall–Kier alpha value is -1.14. The first kappa shape index (κ1) is 14.3. The molecule has 19 heavy (non-hydrogen) atoms. The third-order valence-corrected chi connectivity index (χ3v) is 3.51. The predicted octanol–water partition coefficient (Wildman–Crippen LogP) is 0.959. The highest BCUT2D eigenvalue weighted by atomic mass is 16.5. The van der Waals surface area contributed by atoms with Gasteiger partial charge in [0.15, 0.2) is 0 Å². The Labute approximate surface area is 114 Å². The van der Waals surface area contributed by atoms with Gasteiger partial charge in [0, 0.05) is 38.7 Å². The first-order valence-corrected chi connectivity index (χ1v) is 6.87. The SMILES string of the molecule is COC(C)(C)Cc1nc(N2CC(C)NC(C)C2)n[nH]1. The molecule has 0 aromatic carbocycles. The lowest BCUT2D eigenvalue weighted by molar-refractivity contribution is 0.0216. The zero-order chi connectivity index (χ0) is 14.0. The van der Waals surface area contributed by atoms with Crippen LogP contribution in [0.25, 0.3) is 0 Å². The summed E-state index contributed by atoms with van der Waals surface area (Å²) in [6.07, 6.45) is 0.730. The topological polar surface area (TPSA) is 66.1 Å². The number of nitrogens with one attached hydrogen (secondary N) is 2. The molecule has 0 spiro atoms. The summed E-state index contributed by atoms with van der Waals surface area (Å²) < 4.78 is 5.42. The van der Waals surface area contributed by atoms with Crippen LogP contribution < -0.4 is 10.2 Å². The predicted molar refractivity (Wildman–Crippen MR) is 75.4 cm³/mol. The molecule has 6 nitrogen and oxygen atoms in total. The Morgan fingerprint density at radius 2 is 1.95 bits per heavy atom. The van der Waals surface area contributed by atoms with Crippen molar-refractivity contribution in [3.63, 3.8) is 0 Å². The van der Waals surface area contributed by atoms with Crippen LogP contribution in [0.3, 0.4) is 0 Å². The molecular formula is C13H25N5O. The van der Waals surface area contributed by atoms with Crippen LogP contribution in [0.5, 0.6) is 0 Å². The number of H-pyrrole nitrogens is 1. The molecule has 1 aromatic rings. The number of hydrogen-bond acceptors (Lipinski definition) is 5. The molecule has 6 heteroatoms. The molecule has 108 valence electrons. The Kier molecular flexibility index (Phi) is 4.10. The first-order valence-electron chi connectivity index (χ1n) is 6.87. The van der Waals surface area contributed by atoms with Crippen LogP contribution in [0.4, 0.5) is 5.95 Å². The van der Waals surface area contributed by atoms with Gasteiger partial charge in [-0.3, -0.25) is 5.10 Å². The van der Waals surface area contributed by atoms with Crippen LogP contribution in [-0.2, 0) is 11.2 Å². The molecule has 1 aliphatic heterocycles. The third kappa shape index (κ3) is 3.67. The van der Waals surface area contributed by atoms with Crippen molar-refractivity contribution < 1.29 is 4.74 Å². The molecule has 2 unspecified atom stereocenters. The minimum atomic E-state index is -0.221. The van der Waals surface area contributed by atoms with Gasteiger partial charge in [-0.15, -0.1) is 5.10 Å². The van der Waals surface area contributed by atoms with Gasteiger partial charge in [0.1, 0.15) is 5.82 Å². The van der Waals surface area contributed by atoms with Gasteiger partial charge in [-0.1, -0.05) is 0 Å². The average Bonchev–Trinajstić information content (AvgIpc) is 2.75. The van der Waals surface area contributed by atoms with E-state index in [1.165, 1.54) is 0 Å². The number of anilines is 1. The first-order chi connectivity index (χ1) is 8.89. The zero-order valence-corrected chi connectivity index (χ0v) is 12.5. The van der Waals surface area contributed by atoms with Crippen LogP contribution in [-0.4, -0.2) is 53.1 Å². The van der Waals surface area contributed by atoms with E-state index >= 15 is 0 Å². The second kappa shape index (κ2) is 5.46. The highest BCUT2D eigenvalue weighted by Crippen LogP contribution is 2.17. The molecule has 1 saturated heterocycles. The quantitative estimate of drug-likeness (QED) is 0.850. The molecule has 1 fully saturated rings. The van der Waals surface area contributed by atoms with E-state index in [1.54, 1.807) is 7.11 Å². The number of rotatable bonds is 4. The highest BCUT2D eigenvalue weighted by Gasteiger charge is 2.25. The van der Waals surface area contributed by atoms with Crippen LogP contribution in [0.1, 0.15) is 33.5 Å². The van der Waals surface area contributed by atoms with Gasteiger partial charge in [-0.2, -0.15) is 4.98 Å². The number of nitrogens with zero attached hydrogens (tertiary/aromatic N) is 3. The normalized spacial score (nSPS) is 24.8. The van der Waals surface area contributed by atoms with Crippen molar-refractivity contribution >= 4 is 5.95 Å². The van der Waals surface area contributed by atoms with Gasteiger partial charge in [0.05, 0.1) is 5.60 Å². The second-order valence-electron chi connectivity index (χ2n) is 6.10. The third-order valence-electron chi connectivity index (χ3n) is 3.51. The monoisotopic (exact) mass is 267 g/mol. The van der Waals surface area contributed by atoms with Crippen LogP contribution >= 0.6 is 0 Å². The smallest absolute Gasteiger partial charge is 0.244 e. The minimum Gasteiger partial charge on any atom is -0.378 e. The maximum absolute atomic E-state index is 5.42. The van der Waals surface area contributed by atoms with Crippen molar-refractivity contribution in [1.82, 2.24) is 20.5 Å². The Balaban J connectivity index is 2.04. The van der Waals surface area contributed by atoms with E-state index < -0.39 is 0 Å². The molecule has 0 amide bonds. The summed E-state index contributed by atoms with van der Waals surface area (Å²) in [4.78, 5) is 6.82. The number of methoxy groups -OCH3 is 1. The number of aromatic nitrogens is 3. The fourth-order valence-corrected chi connectivity index (χ4v) is 2.47. The summed E-state index contributed by atoms with van der Waals surface area (Å²) in [5.74, 6) is 1.67. The molecule has 0 radical (unpaired) electrons. The van der Waals surface area contributed by atoms with Gasteiger partial charge in [0.2, 0.25) is 5.95 Å². The zero-order valence-electron chi connectivity index (χ0n) is 12.5. The largest absolute Gasteiger partial charge is 0.378 e. The summed E-state index contributed by atoms with van der Waals surface area (Å²) >= 11 is 0. The molecule has 2 N–H and O–H groups in total. The highest BCUT2D eigenvalue weighted by molar-refractivity contribution is 5.31. The van der Waals surface area contributed by atoms with Crippen LogP contribution in [0.15, 0.2) is 0 Å². The molecule has 2 heterocycles. The second-order valence-corrected chi connectivity index (χ2v) is 6.10. The lowest BCUT2D eigenvalue weighted by Gasteiger charge is -2.35. The summed E-state index contributed by atoms with van der Waals surface area (Å²) in [6, 6.07) is 0.919. The van der Waals surface area contributed by atoms with E-state index in [4.69, 9.17) is 4.74 Å². The van der Waals surface area contributed by atoms with Gasteiger partial charge < -0.3 is 15.0 Å². The average molecular weight is 267 g/mol. The Morgan fingerprint density at radius 3 is 2.53 bits per heavy atom. The molecule has 2 rings (SSSR count). The fourth-order valence-electron chi connectivity index (χ4n) is 2.47. The Bertz CT molecular complexity index is 407. The van der Waals surface area contributed by atoms with Crippen molar-refractivity contribution in [3.05, 3.63) is 5.82 Å². The summed E-state index contributed by atoms with van der Waals surface area (Å²) in [5, 5.41) is 10.9. The van der Waals surface area contributed by atoms with Crippen molar-refractivity contribution in [2.24, 2.45) is 0 Å². The van der Waals surface area contributed by atoms with Crippen molar-refractivity contribution in [2.45, 2.75) is 51.8 Å². The number of ether oxygens (including phenoxy) is 1. The molecule has 0 bridgehead atoms. The standard InChI is InChI=1S/C13H25N5O/c1-9-7-18(8-10(2)14-9)12-15-11(16-17-12)6-13(3,4)19-5/h9-10,14H,6-8H2,1-5H3,(H,15,16,17). The molecule has 1 aliphatic rings. The summed E-state index contributed by atoms with van der Waals surface area (Å²) in [5.41, 5.74) is -0.221. The number of hydrogen-bond donors (Lipinski definition) is 2. The fraction of sp³-hybridized carbons (Fsp3) is 0.846. The lowest BCUT2D eigenvalue weighted by atomic mass is 10.1. The van der Waals surface area contributed by atoms with Gasteiger partial charge in [-0.05, 0) is 27.7 Å². The molecule has 0 aliphatic carbocycles. The number of piperazine rings is 1. The molecular weight excluding hydrogens is 242 g/mol. The van der Waals surface area contributed by atoms with Gasteiger partial charge in [-0.25, -0.2) is 0 Å². The van der Waals surface area contributed by atoms with Crippen LogP contribution in [0.2, 0.25) is 0 Å². The van der Waals surface area contributed by atoms with E-state index in [1.807, 2.05) is 13.8 Å². The maximum atomic E-state index is 5.42. The van der Waals surface area contributed by atoms with Gasteiger partial charge >= 0.3 is 0 Å². The van der Waals surface area contributed by atoms with Crippen molar-refractivity contribution in [3.8, 4) is 0 Å². The molecule has 1 aromatic heterocycles. The van der Waals surface area contributed by atoms with Crippen molar-refractivity contribution in [1.29, 1.82) is 0 Å². The Morgan fingerprint density at radius 1 is 1.32 bits per heavy atom. The van der Waals surface area contributed by atoms with Gasteiger partial charge in [0.25, 0.3) is 0 Å². The molecule has 2 atom stereocenters. The van der Waals surface area contributed by atoms with E-state index in [2.05, 4.69) is 39.2 Å². The van der Waals surface area contributed by atoms with Crippen LogP contribution in [0, 0.1) is 0 Å². The van der Waals surface area contributed by atoms with E-state index in [0.29, 0.717) is 12.1 Å².